The molecular formula is C8H16N2O3S. The Balaban J connectivity index is 3.81. The Hall–Kier alpha value is -0.910. The lowest BCUT2D eigenvalue weighted by Gasteiger charge is -2.19. The molecule has 14 heavy (non-hydrogen) atoms. The molecule has 0 radical (unpaired) electrons. The maximum absolute atomic E-state index is 11.1. The molecule has 0 heterocycles. The van der Waals surface area contributed by atoms with Gasteiger partial charge in [0.1, 0.15) is 10.9 Å². The number of amides is 2. The molecule has 0 fully saturated rings. The highest BCUT2D eigenvalue weighted by molar-refractivity contribution is 7.99. The number of carbonyl (C=O) groups excluding carboxylic acids is 2. The first-order chi connectivity index (χ1) is 6.22. The van der Waals surface area contributed by atoms with Gasteiger partial charge in [0.15, 0.2) is 0 Å². The number of carbonyl (C=O) groups is 2. The Bertz CT molecular complexity index is 225. The standard InChI is InChI=1S/C8H16N2O3S/c1-5(6(9)11)14-10-7(12)13-8(2,3)4/h5H,1-4H3,(H2,9,11)(H,10,12). The van der Waals surface area contributed by atoms with Crippen LogP contribution in [-0.2, 0) is 9.53 Å². The molecule has 0 rings (SSSR count). The van der Waals surface area contributed by atoms with Crippen LogP contribution in [0.25, 0.3) is 0 Å². The SMILES string of the molecule is CC(SNC(=O)OC(C)(C)C)C(N)=O. The van der Waals surface area contributed by atoms with Gasteiger partial charge in [-0.3, -0.25) is 9.52 Å². The van der Waals surface area contributed by atoms with Crippen molar-refractivity contribution < 1.29 is 14.3 Å². The zero-order valence-corrected chi connectivity index (χ0v) is 9.60. The summed E-state index contributed by atoms with van der Waals surface area (Å²) in [5.74, 6) is -0.481. The van der Waals surface area contributed by atoms with Crippen LogP contribution in [0.5, 0.6) is 0 Å². The molecule has 0 aromatic heterocycles. The monoisotopic (exact) mass is 220 g/mol. The first-order valence-corrected chi connectivity index (χ1v) is 5.04. The van der Waals surface area contributed by atoms with Crippen molar-refractivity contribution in [2.75, 3.05) is 0 Å². The Morgan fingerprint density at radius 2 is 1.93 bits per heavy atom. The van der Waals surface area contributed by atoms with Crippen LogP contribution < -0.4 is 10.5 Å². The van der Waals surface area contributed by atoms with Gasteiger partial charge >= 0.3 is 6.09 Å². The fourth-order valence-electron chi connectivity index (χ4n) is 0.494. The lowest BCUT2D eigenvalue weighted by atomic mass is 10.2. The predicted octanol–water partition coefficient (Wildman–Crippen LogP) is 1.03. The van der Waals surface area contributed by atoms with Crippen LogP contribution in [0.3, 0.4) is 0 Å². The molecule has 0 saturated carbocycles. The Morgan fingerprint density at radius 1 is 1.43 bits per heavy atom. The molecular weight excluding hydrogens is 204 g/mol. The predicted molar refractivity (Wildman–Crippen MR) is 55.6 cm³/mol. The molecule has 0 aromatic rings. The Kier molecular flexibility index (Phi) is 4.76. The van der Waals surface area contributed by atoms with Gasteiger partial charge in [-0.05, 0) is 39.6 Å². The fraction of sp³-hybridized carbons (Fsp3) is 0.750. The second-order valence-electron chi connectivity index (χ2n) is 3.77. The minimum Gasteiger partial charge on any atom is -0.443 e. The summed E-state index contributed by atoms with van der Waals surface area (Å²) in [7, 11) is 0. The van der Waals surface area contributed by atoms with Gasteiger partial charge < -0.3 is 10.5 Å². The highest BCUT2D eigenvalue weighted by Crippen LogP contribution is 2.10. The van der Waals surface area contributed by atoms with E-state index in [1.807, 2.05) is 0 Å². The van der Waals surface area contributed by atoms with Crippen molar-refractivity contribution in [1.29, 1.82) is 0 Å². The molecule has 0 aliphatic heterocycles. The van der Waals surface area contributed by atoms with E-state index in [9.17, 15) is 9.59 Å². The molecule has 0 aromatic carbocycles. The average molecular weight is 220 g/mol. The van der Waals surface area contributed by atoms with E-state index in [2.05, 4.69) is 4.72 Å². The largest absolute Gasteiger partial charge is 0.443 e. The maximum Gasteiger partial charge on any atom is 0.417 e. The minimum absolute atomic E-state index is 0.470. The van der Waals surface area contributed by atoms with Gasteiger partial charge in [0, 0.05) is 0 Å². The third-order valence-electron chi connectivity index (χ3n) is 1.12. The molecule has 2 amide bonds. The van der Waals surface area contributed by atoms with Crippen LogP contribution in [0.2, 0.25) is 0 Å². The number of hydrogen-bond acceptors (Lipinski definition) is 4. The topological polar surface area (TPSA) is 81.4 Å². The molecule has 0 bridgehead atoms. The van der Waals surface area contributed by atoms with Crippen LogP contribution in [0.15, 0.2) is 0 Å². The molecule has 1 atom stereocenters. The second-order valence-corrected chi connectivity index (χ2v) is 4.91. The third-order valence-corrected chi connectivity index (χ3v) is 1.99. The molecule has 82 valence electrons. The third kappa shape index (κ3) is 6.59. The summed E-state index contributed by atoms with van der Waals surface area (Å²) >= 11 is 0.934. The molecule has 0 spiro atoms. The number of nitrogens with two attached hydrogens (primary N) is 1. The van der Waals surface area contributed by atoms with Crippen LogP contribution in [0.4, 0.5) is 4.79 Å². The van der Waals surface area contributed by atoms with Gasteiger partial charge in [-0.1, -0.05) is 0 Å². The highest BCUT2D eigenvalue weighted by atomic mass is 32.2. The number of primary amides is 1. The summed E-state index contributed by atoms with van der Waals surface area (Å²) in [4.78, 5) is 21.7. The van der Waals surface area contributed by atoms with E-state index in [0.717, 1.165) is 11.9 Å². The number of ether oxygens (including phenoxy) is 1. The van der Waals surface area contributed by atoms with Crippen LogP contribution in [0, 0.1) is 0 Å². The van der Waals surface area contributed by atoms with Crippen molar-refractivity contribution in [3.8, 4) is 0 Å². The normalized spacial score (nSPS) is 13.1. The van der Waals surface area contributed by atoms with Gasteiger partial charge in [0.2, 0.25) is 5.91 Å². The molecule has 0 aliphatic carbocycles. The summed E-state index contributed by atoms with van der Waals surface area (Å²) in [5.41, 5.74) is 4.46. The first-order valence-electron chi connectivity index (χ1n) is 4.16. The van der Waals surface area contributed by atoms with Gasteiger partial charge in [0.05, 0.1) is 0 Å². The van der Waals surface area contributed by atoms with Gasteiger partial charge in [-0.15, -0.1) is 0 Å². The van der Waals surface area contributed by atoms with Crippen LogP contribution in [-0.4, -0.2) is 22.9 Å². The summed E-state index contributed by atoms with van der Waals surface area (Å²) in [5, 5.41) is -0.470. The van der Waals surface area contributed by atoms with Crippen molar-refractivity contribution in [3.63, 3.8) is 0 Å². The number of nitrogens with one attached hydrogen (secondary N) is 1. The van der Waals surface area contributed by atoms with E-state index in [0.29, 0.717) is 0 Å². The second kappa shape index (κ2) is 5.09. The smallest absolute Gasteiger partial charge is 0.417 e. The Morgan fingerprint density at radius 3 is 2.29 bits per heavy atom. The van der Waals surface area contributed by atoms with Crippen molar-refractivity contribution in [2.45, 2.75) is 38.5 Å². The zero-order chi connectivity index (χ0) is 11.4. The van der Waals surface area contributed by atoms with Crippen molar-refractivity contribution in [2.24, 2.45) is 5.73 Å². The highest BCUT2D eigenvalue weighted by Gasteiger charge is 2.17. The maximum atomic E-state index is 11.1. The molecule has 0 aliphatic rings. The summed E-state index contributed by atoms with van der Waals surface area (Å²) in [6.07, 6.45) is -0.574. The average Bonchev–Trinajstić information content (AvgIpc) is 1.96. The summed E-state index contributed by atoms with van der Waals surface area (Å²) < 4.78 is 7.32. The van der Waals surface area contributed by atoms with Gasteiger partial charge in [-0.25, -0.2) is 4.79 Å². The van der Waals surface area contributed by atoms with Crippen molar-refractivity contribution in [3.05, 3.63) is 0 Å². The lowest BCUT2D eigenvalue weighted by Crippen LogP contribution is -2.32. The first kappa shape index (κ1) is 13.1. The Labute approximate surface area is 87.9 Å². The van der Waals surface area contributed by atoms with E-state index in [1.54, 1.807) is 27.7 Å². The van der Waals surface area contributed by atoms with E-state index in [-0.39, 0.29) is 0 Å². The van der Waals surface area contributed by atoms with Gasteiger partial charge in [0.25, 0.3) is 0 Å². The molecule has 1 unspecified atom stereocenters. The van der Waals surface area contributed by atoms with E-state index >= 15 is 0 Å². The van der Waals surface area contributed by atoms with E-state index in [1.165, 1.54) is 0 Å². The quantitative estimate of drug-likeness (QED) is 0.696. The van der Waals surface area contributed by atoms with Crippen LogP contribution >= 0.6 is 11.9 Å². The molecule has 6 heteroatoms. The molecule has 0 saturated heterocycles. The fourth-order valence-corrected chi connectivity index (χ4v) is 0.924. The molecule has 3 N–H and O–H groups in total. The van der Waals surface area contributed by atoms with E-state index in [4.69, 9.17) is 10.5 Å². The van der Waals surface area contributed by atoms with Crippen molar-refractivity contribution in [1.82, 2.24) is 4.72 Å². The number of rotatable bonds is 3. The van der Waals surface area contributed by atoms with Crippen LogP contribution in [0.1, 0.15) is 27.7 Å². The van der Waals surface area contributed by atoms with E-state index < -0.39 is 22.9 Å². The van der Waals surface area contributed by atoms with Crippen molar-refractivity contribution >= 4 is 23.9 Å². The van der Waals surface area contributed by atoms with Gasteiger partial charge in [-0.2, -0.15) is 0 Å². The summed E-state index contributed by atoms with van der Waals surface area (Å²) in [6.45, 7) is 6.88. The zero-order valence-electron chi connectivity index (χ0n) is 8.79. The lowest BCUT2D eigenvalue weighted by molar-refractivity contribution is -0.117. The number of hydrogen-bond donors (Lipinski definition) is 2. The summed E-state index contributed by atoms with van der Waals surface area (Å²) in [6, 6.07) is 0. The molecule has 5 nitrogen and oxygen atoms in total. The minimum atomic E-state index is -0.574.